The third-order valence-corrected chi connectivity index (χ3v) is 4.05. The minimum atomic E-state index is -0.0895. The van der Waals surface area contributed by atoms with Crippen molar-refractivity contribution in [1.29, 1.82) is 0 Å². The van der Waals surface area contributed by atoms with Gasteiger partial charge in [-0.2, -0.15) is 0 Å². The van der Waals surface area contributed by atoms with E-state index >= 15 is 0 Å². The number of hydrogen-bond donors (Lipinski definition) is 3. The van der Waals surface area contributed by atoms with Gasteiger partial charge in [-0.25, -0.2) is 15.0 Å². The molecule has 0 aliphatic carbocycles. The maximum absolute atomic E-state index is 9.20. The van der Waals surface area contributed by atoms with Crippen LogP contribution in [0.4, 0.5) is 5.82 Å². The fraction of sp³-hybridized carbons (Fsp3) is 0.267. The van der Waals surface area contributed by atoms with Gasteiger partial charge in [0.15, 0.2) is 16.6 Å². The molecule has 114 valence electrons. The molecule has 0 radical (unpaired) electrons. The summed E-state index contributed by atoms with van der Waals surface area (Å²) in [5, 5.41) is 13.0. The normalized spacial score (nSPS) is 12.5. The van der Waals surface area contributed by atoms with Crippen LogP contribution in [0.5, 0.6) is 0 Å². The van der Waals surface area contributed by atoms with E-state index in [4.69, 9.17) is 0 Å². The minimum absolute atomic E-state index is 0.0339. The van der Waals surface area contributed by atoms with E-state index in [0.717, 1.165) is 11.3 Å². The number of benzene rings is 1. The average molecular weight is 315 g/mol. The molecule has 2 heterocycles. The van der Waals surface area contributed by atoms with E-state index in [0.29, 0.717) is 16.6 Å². The number of aromatic amines is 1. The summed E-state index contributed by atoms with van der Waals surface area (Å²) in [5.41, 5.74) is 2.60. The van der Waals surface area contributed by atoms with Gasteiger partial charge in [-0.05, 0) is 12.5 Å². The molecule has 1 aromatic carbocycles. The zero-order chi connectivity index (χ0) is 15.4. The summed E-state index contributed by atoms with van der Waals surface area (Å²) in [6.07, 6.45) is 1.60. The molecule has 0 saturated heterocycles. The van der Waals surface area contributed by atoms with Gasteiger partial charge in [-0.15, -0.1) is 0 Å². The third kappa shape index (κ3) is 3.37. The van der Waals surface area contributed by atoms with E-state index in [9.17, 15) is 5.11 Å². The zero-order valence-electron chi connectivity index (χ0n) is 12.2. The van der Waals surface area contributed by atoms with E-state index in [-0.39, 0.29) is 12.6 Å². The first-order valence-corrected chi connectivity index (χ1v) is 8.00. The van der Waals surface area contributed by atoms with E-state index in [1.54, 1.807) is 18.1 Å². The first-order valence-electron chi connectivity index (χ1n) is 7.01. The number of nitrogens with zero attached hydrogens (tertiary/aromatic N) is 3. The highest BCUT2D eigenvalue weighted by atomic mass is 32.2. The Labute approximate surface area is 132 Å². The number of anilines is 1. The molecule has 6 nitrogen and oxygen atoms in total. The summed E-state index contributed by atoms with van der Waals surface area (Å²) >= 11 is 1.56. The van der Waals surface area contributed by atoms with Gasteiger partial charge < -0.3 is 15.4 Å². The number of rotatable bonds is 6. The molecule has 3 N–H and O–H groups in total. The molecule has 0 saturated carbocycles. The van der Waals surface area contributed by atoms with E-state index < -0.39 is 0 Å². The van der Waals surface area contributed by atoms with Gasteiger partial charge in [0, 0.05) is 11.8 Å². The second-order valence-electron chi connectivity index (χ2n) is 4.96. The van der Waals surface area contributed by atoms with Gasteiger partial charge in [0.05, 0.1) is 12.9 Å². The molecule has 0 fully saturated rings. The molecule has 0 aliphatic rings. The first kappa shape index (κ1) is 14.8. The summed E-state index contributed by atoms with van der Waals surface area (Å²) < 4.78 is 0. The molecule has 0 aliphatic heterocycles. The van der Waals surface area contributed by atoms with Gasteiger partial charge in [-0.1, -0.05) is 42.1 Å². The Morgan fingerprint density at radius 2 is 2.09 bits per heavy atom. The summed E-state index contributed by atoms with van der Waals surface area (Å²) in [6.45, 7) is 1.92. The van der Waals surface area contributed by atoms with Crippen molar-refractivity contribution in [2.45, 2.75) is 23.9 Å². The number of hydrogen-bond acceptors (Lipinski definition) is 6. The van der Waals surface area contributed by atoms with Crippen LogP contribution in [0.3, 0.4) is 0 Å². The Hall–Kier alpha value is -2.12. The van der Waals surface area contributed by atoms with Gasteiger partial charge >= 0.3 is 0 Å². The Bertz CT molecular complexity index is 746. The maximum Gasteiger partial charge on any atom is 0.192 e. The van der Waals surface area contributed by atoms with Crippen LogP contribution in [0.2, 0.25) is 0 Å². The molecule has 0 amide bonds. The van der Waals surface area contributed by atoms with Crippen LogP contribution in [-0.4, -0.2) is 37.7 Å². The smallest absolute Gasteiger partial charge is 0.192 e. The quantitative estimate of drug-likeness (QED) is 0.478. The van der Waals surface area contributed by atoms with Crippen LogP contribution in [0.15, 0.2) is 41.8 Å². The Morgan fingerprint density at radius 1 is 1.27 bits per heavy atom. The summed E-state index contributed by atoms with van der Waals surface area (Å²) in [5.74, 6) is 1.46. The summed E-state index contributed by atoms with van der Waals surface area (Å²) in [7, 11) is 0. The second kappa shape index (κ2) is 6.76. The predicted octanol–water partition coefficient (Wildman–Crippen LogP) is 2.44. The van der Waals surface area contributed by atoms with E-state index in [2.05, 4.69) is 37.4 Å². The van der Waals surface area contributed by atoms with Crippen LogP contribution in [0.25, 0.3) is 11.2 Å². The van der Waals surface area contributed by atoms with Crippen molar-refractivity contribution in [2.24, 2.45) is 0 Å². The molecular formula is C15H17N5OS. The number of aliphatic hydroxyl groups excluding tert-OH is 1. The topological polar surface area (TPSA) is 86.7 Å². The van der Waals surface area contributed by atoms with Crippen LogP contribution in [0.1, 0.15) is 12.5 Å². The van der Waals surface area contributed by atoms with Crippen molar-refractivity contribution in [2.75, 3.05) is 11.9 Å². The zero-order valence-corrected chi connectivity index (χ0v) is 13.0. The standard InChI is InChI=1S/C15H17N5OS/c1-10(7-21)18-14-12-13(17-9-16-12)19-15(20-14)22-8-11-5-3-2-4-6-11/h2-6,9-10,21H,7-8H2,1H3,(H2,16,17,18,19,20). The number of imidazole rings is 1. The summed E-state index contributed by atoms with van der Waals surface area (Å²) in [6, 6.07) is 10.1. The lowest BCUT2D eigenvalue weighted by Crippen LogP contribution is -2.20. The Balaban J connectivity index is 1.83. The molecule has 3 aromatic rings. The highest BCUT2D eigenvalue weighted by Crippen LogP contribution is 2.24. The molecule has 3 rings (SSSR count). The van der Waals surface area contributed by atoms with Crippen LogP contribution >= 0.6 is 11.8 Å². The largest absolute Gasteiger partial charge is 0.394 e. The molecule has 0 bridgehead atoms. The van der Waals surface area contributed by atoms with Crippen molar-refractivity contribution in [3.05, 3.63) is 42.2 Å². The highest BCUT2D eigenvalue weighted by Gasteiger charge is 2.12. The minimum Gasteiger partial charge on any atom is -0.394 e. The SMILES string of the molecule is CC(CO)Nc1nc(SCc2ccccc2)nc2nc[nH]c12. The van der Waals surface area contributed by atoms with Gasteiger partial charge in [0.2, 0.25) is 0 Å². The highest BCUT2D eigenvalue weighted by molar-refractivity contribution is 7.98. The second-order valence-corrected chi connectivity index (χ2v) is 5.90. The lowest BCUT2D eigenvalue weighted by Gasteiger charge is -2.12. The fourth-order valence-corrected chi connectivity index (χ4v) is 2.78. The number of aliphatic hydroxyl groups is 1. The van der Waals surface area contributed by atoms with Gasteiger partial charge in [0.1, 0.15) is 5.52 Å². The Morgan fingerprint density at radius 3 is 2.86 bits per heavy atom. The van der Waals surface area contributed by atoms with Crippen LogP contribution in [0, 0.1) is 0 Å². The molecule has 2 aromatic heterocycles. The average Bonchev–Trinajstić information content (AvgIpc) is 3.02. The van der Waals surface area contributed by atoms with Crippen molar-refractivity contribution < 1.29 is 5.11 Å². The van der Waals surface area contributed by atoms with Crippen molar-refractivity contribution in [1.82, 2.24) is 19.9 Å². The van der Waals surface area contributed by atoms with Crippen molar-refractivity contribution in [3.8, 4) is 0 Å². The first-order chi connectivity index (χ1) is 10.8. The molecule has 1 atom stereocenters. The molecule has 22 heavy (non-hydrogen) atoms. The Kier molecular flexibility index (Phi) is 4.55. The number of aromatic nitrogens is 4. The van der Waals surface area contributed by atoms with Gasteiger partial charge in [0.25, 0.3) is 0 Å². The van der Waals surface area contributed by atoms with Crippen molar-refractivity contribution >= 4 is 28.7 Å². The third-order valence-electron chi connectivity index (χ3n) is 3.13. The lowest BCUT2D eigenvalue weighted by atomic mass is 10.2. The van der Waals surface area contributed by atoms with E-state index in [1.165, 1.54) is 5.56 Å². The number of nitrogens with one attached hydrogen (secondary N) is 2. The number of H-pyrrole nitrogens is 1. The van der Waals surface area contributed by atoms with Crippen molar-refractivity contribution in [3.63, 3.8) is 0 Å². The van der Waals surface area contributed by atoms with Gasteiger partial charge in [-0.3, -0.25) is 0 Å². The molecule has 7 heteroatoms. The number of fused-ring (bicyclic) bond motifs is 1. The molecule has 1 unspecified atom stereocenters. The number of thioether (sulfide) groups is 1. The lowest BCUT2D eigenvalue weighted by molar-refractivity contribution is 0.281. The van der Waals surface area contributed by atoms with E-state index in [1.807, 2.05) is 25.1 Å². The molecular weight excluding hydrogens is 298 g/mol. The van der Waals surface area contributed by atoms with Crippen LogP contribution < -0.4 is 5.32 Å². The summed E-state index contributed by atoms with van der Waals surface area (Å²) in [4.78, 5) is 16.2. The van der Waals surface area contributed by atoms with Crippen LogP contribution in [-0.2, 0) is 5.75 Å². The monoisotopic (exact) mass is 315 g/mol. The fourth-order valence-electron chi connectivity index (χ4n) is 1.98. The maximum atomic E-state index is 9.20. The molecule has 0 spiro atoms. The predicted molar refractivity (Wildman–Crippen MR) is 87.9 cm³/mol.